The van der Waals surface area contributed by atoms with Gasteiger partial charge in [-0.05, 0) is 12.1 Å². The third-order valence-corrected chi connectivity index (χ3v) is 7.76. The number of carbonyl (C=O) groups is 2. The molecule has 1 fully saturated rings. The Bertz CT molecular complexity index is 1790. The summed E-state index contributed by atoms with van der Waals surface area (Å²) < 4.78 is 7.66. The predicted molar refractivity (Wildman–Crippen MR) is 134 cm³/mol. The molecule has 7 rings (SSSR count). The minimum Gasteiger partial charge on any atom is -0.394 e. The molecule has 0 radical (unpaired) electrons. The molecule has 2 aliphatic rings. The Morgan fingerprint density at radius 2 is 1.51 bits per heavy atom. The highest BCUT2D eigenvalue weighted by molar-refractivity contribution is 6.39. The number of aliphatic hydroxyl groups excluding tert-OH is 4. The zero-order chi connectivity index (χ0) is 25.7. The van der Waals surface area contributed by atoms with Crippen LogP contribution >= 0.6 is 0 Å². The van der Waals surface area contributed by atoms with E-state index >= 15 is 0 Å². The van der Waals surface area contributed by atoms with Crippen LogP contribution in [0.1, 0.15) is 26.9 Å². The van der Waals surface area contributed by atoms with E-state index in [2.05, 4.69) is 4.98 Å². The van der Waals surface area contributed by atoms with Crippen LogP contribution in [0.5, 0.6) is 0 Å². The number of hydrogen-bond acceptors (Lipinski definition) is 7. The van der Waals surface area contributed by atoms with Crippen LogP contribution in [0.15, 0.2) is 48.5 Å². The smallest absolute Gasteiger partial charge is 0.262 e. The van der Waals surface area contributed by atoms with Gasteiger partial charge in [-0.1, -0.05) is 36.4 Å². The zero-order valence-electron chi connectivity index (χ0n) is 19.6. The van der Waals surface area contributed by atoms with E-state index in [1.807, 2.05) is 36.4 Å². The number of aliphatic hydroxyl groups is 4. The second kappa shape index (κ2) is 7.60. The summed E-state index contributed by atoms with van der Waals surface area (Å²) in [4.78, 5) is 31.4. The topological polar surface area (TPSA) is 148 Å². The monoisotopic (exact) mass is 501 g/mol. The molecule has 5 N–H and O–H groups in total. The predicted octanol–water partition coefficient (Wildman–Crippen LogP) is 1.63. The number of aromatic nitrogens is 2. The van der Waals surface area contributed by atoms with Crippen molar-refractivity contribution < 1.29 is 34.8 Å². The Kier molecular flexibility index (Phi) is 4.60. The van der Waals surface area contributed by atoms with Crippen molar-refractivity contribution in [1.29, 1.82) is 0 Å². The summed E-state index contributed by atoms with van der Waals surface area (Å²) in [6.45, 7) is -0.576. The van der Waals surface area contributed by atoms with Crippen LogP contribution in [-0.4, -0.2) is 84.8 Å². The summed E-state index contributed by atoms with van der Waals surface area (Å²) in [5.74, 6) is -0.838. The number of hydrogen-bond donors (Lipinski definition) is 5. The molecule has 0 aliphatic carbocycles. The molecule has 5 atom stereocenters. The van der Waals surface area contributed by atoms with Crippen molar-refractivity contribution in [1.82, 2.24) is 14.5 Å². The van der Waals surface area contributed by atoms with Gasteiger partial charge in [-0.2, -0.15) is 0 Å². The highest BCUT2D eigenvalue weighted by Gasteiger charge is 2.46. The van der Waals surface area contributed by atoms with Crippen molar-refractivity contribution in [3.63, 3.8) is 0 Å². The van der Waals surface area contributed by atoms with Crippen molar-refractivity contribution in [3.05, 3.63) is 59.7 Å². The molecule has 2 aromatic heterocycles. The summed E-state index contributed by atoms with van der Waals surface area (Å²) in [6, 6.07) is 14.7. The third kappa shape index (κ3) is 2.70. The van der Waals surface area contributed by atoms with Crippen LogP contribution in [-0.2, 0) is 4.74 Å². The van der Waals surface area contributed by atoms with Gasteiger partial charge in [0.2, 0.25) is 0 Å². The molecule has 5 aromatic rings. The molecule has 10 heteroatoms. The SMILES string of the molecule is CN1C(=O)c2c(c3c4ccccc4n([C@@H]4OC(CO)[C@H](O)C(O)C4O)c3c3[nH]c4ccccc4c23)C1=O. The van der Waals surface area contributed by atoms with E-state index in [4.69, 9.17) is 4.74 Å². The van der Waals surface area contributed by atoms with Crippen LogP contribution in [0.25, 0.3) is 43.6 Å². The van der Waals surface area contributed by atoms with Gasteiger partial charge >= 0.3 is 0 Å². The lowest BCUT2D eigenvalue weighted by Gasteiger charge is -2.41. The fourth-order valence-electron chi connectivity index (χ4n) is 6.01. The average molecular weight is 501 g/mol. The van der Waals surface area contributed by atoms with Crippen molar-refractivity contribution in [2.24, 2.45) is 0 Å². The number of nitrogens with zero attached hydrogens (tertiary/aromatic N) is 2. The number of H-pyrrole nitrogens is 1. The third-order valence-electron chi connectivity index (χ3n) is 7.76. The number of nitrogens with one attached hydrogen (secondary N) is 1. The van der Waals surface area contributed by atoms with E-state index < -0.39 is 49.1 Å². The van der Waals surface area contributed by atoms with Crippen molar-refractivity contribution in [2.45, 2.75) is 30.6 Å². The Labute approximate surface area is 208 Å². The van der Waals surface area contributed by atoms with E-state index in [1.165, 1.54) is 7.05 Å². The van der Waals surface area contributed by atoms with Gasteiger partial charge in [0.05, 0.1) is 34.3 Å². The number of para-hydroxylation sites is 2. The molecule has 0 bridgehead atoms. The summed E-state index contributed by atoms with van der Waals surface area (Å²) >= 11 is 0. The lowest BCUT2D eigenvalue weighted by Crippen LogP contribution is -2.56. The number of ether oxygens (including phenoxy) is 1. The van der Waals surface area contributed by atoms with E-state index in [9.17, 15) is 30.0 Å². The zero-order valence-corrected chi connectivity index (χ0v) is 19.6. The average Bonchev–Trinajstić information content (AvgIpc) is 3.53. The second-order valence-electron chi connectivity index (χ2n) is 9.67. The summed E-state index contributed by atoms with van der Waals surface area (Å²) in [7, 11) is 1.45. The number of fused-ring (bicyclic) bond motifs is 10. The first-order valence-corrected chi connectivity index (χ1v) is 12.0. The number of amides is 2. The molecule has 10 nitrogen and oxygen atoms in total. The number of benzene rings is 3. The first-order valence-electron chi connectivity index (χ1n) is 12.0. The minimum absolute atomic E-state index is 0.263. The van der Waals surface area contributed by atoms with E-state index in [-0.39, 0.29) is 5.56 Å². The van der Waals surface area contributed by atoms with Gasteiger partial charge in [-0.3, -0.25) is 14.5 Å². The van der Waals surface area contributed by atoms with Crippen LogP contribution in [0.3, 0.4) is 0 Å². The first kappa shape index (κ1) is 22.4. The molecular weight excluding hydrogens is 478 g/mol. The number of rotatable bonds is 2. The lowest BCUT2D eigenvalue weighted by molar-refractivity contribution is -0.249. The quantitative estimate of drug-likeness (QED) is 0.231. The van der Waals surface area contributed by atoms with Gasteiger partial charge in [0.25, 0.3) is 11.8 Å². The molecule has 0 spiro atoms. The number of carbonyl (C=O) groups excluding carboxylic acids is 2. The normalized spacial score (nSPS) is 26.3. The molecule has 3 aromatic carbocycles. The first-order chi connectivity index (χ1) is 17.8. The molecule has 1 saturated heterocycles. The highest BCUT2D eigenvalue weighted by Crippen LogP contribution is 2.47. The maximum atomic E-state index is 13.5. The van der Waals surface area contributed by atoms with Gasteiger partial charge in [0, 0.05) is 34.1 Å². The summed E-state index contributed by atoms with van der Waals surface area (Å²) in [6.07, 6.45) is -7.00. The van der Waals surface area contributed by atoms with E-state index in [0.29, 0.717) is 38.3 Å². The van der Waals surface area contributed by atoms with Gasteiger partial charge in [-0.25, -0.2) is 0 Å². The summed E-state index contributed by atoms with van der Waals surface area (Å²) in [5, 5.41) is 44.4. The standard InChI is InChI=1S/C27H23N3O7/c1-29-25(35)18-16-11-6-2-4-8-13(11)28-20(16)21-17(19(18)26(29)36)12-7-3-5-9-14(12)30(21)27-24(34)23(33)22(32)15(10-31)37-27/h2-9,15,22-24,27-28,31-34H,10H2,1H3/t15?,22-,23?,24?,27+/m0/s1. The fourth-order valence-corrected chi connectivity index (χ4v) is 6.01. The van der Waals surface area contributed by atoms with Crippen molar-refractivity contribution >= 4 is 55.4 Å². The Balaban J connectivity index is 1.71. The molecule has 188 valence electrons. The number of imide groups is 1. The Hall–Kier alpha value is -3.80. The molecule has 4 heterocycles. The molecule has 37 heavy (non-hydrogen) atoms. The minimum atomic E-state index is -1.59. The molecule has 3 unspecified atom stereocenters. The van der Waals surface area contributed by atoms with Crippen molar-refractivity contribution in [2.75, 3.05) is 13.7 Å². The lowest BCUT2D eigenvalue weighted by atomic mass is 9.96. The van der Waals surface area contributed by atoms with E-state index in [1.54, 1.807) is 16.7 Å². The van der Waals surface area contributed by atoms with Crippen LogP contribution in [0.4, 0.5) is 0 Å². The Morgan fingerprint density at radius 1 is 0.865 bits per heavy atom. The maximum Gasteiger partial charge on any atom is 0.262 e. The van der Waals surface area contributed by atoms with Crippen LogP contribution in [0, 0.1) is 0 Å². The maximum absolute atomic E-state index is 13.5. The van der Waals surface area contributed by atoms with Gasteiger partial charge < -0.3 is 34.7 Å². The second-order valence-corrected chi connectivity index (χ2v) is 9.67. The fraction of sp³-hybridized carbons (Fsp3) is 0.259. The molecular formula is C27H23N3O7. The van der Waals surface area contributed by atoms with Gasteiger partial charge in [0.1, 0.15) is 24.4 Å². The highest BCUT2D eigenvalue weighted by atomic mass is 16.6. The van der Waals surface area contributed by atoms with Gasteiger partial charge in [-0.15, -0.1) is 0 Å². The molecule has 0 saturated carbocycles. The van der Waals surface area contributed by atoms with E-state index in [0.717, 1.165) is 15.8 Å². The Morgan fingerprint density at radius 3 is 2.24 bits per heavy atom. The number of aromatic amines is 1. The van der Waals surface area contributed by atoms with Crippen LogP contribution in [0.2, 0.25) is 0 Å². The largest absolute Gasteiger partial charge is 0.394 e. The molecule has 2 aliphatic heterocycles. The molecule has 2 amide bonds. The van der Waals surface area contributed by atoms with Gasteiger partial charge in [0.15, 0.2) is 6.23 Å². The summed E-state index contributed by atoms with van der Waals surface area (Å²) in [5.41, 5.74) is 2.99. The van der Waals surface area contributed by atoms with Crippen molar-refractivity contribution in [3.8, 4) is 0 Å². The van der Waals surface area contributed by atoms with Crippen LogP contribution < -0.4 is 0 Å².